The molecule has 12 heteroatoms. The largest absolute Gasteiger partial charge is 0.503 e. The lowest BCUT2D eigenvalue weighted by Gasteiger charge is -2.00. The quantitative estimate of drug-likeness (QED) is 0.275. The van der Waals surface area contributed by atoms with Crippen LogP contribution in [0.5, 0.6) is 5.75 Å². The molecular formula is C9H10Cl2F5O4P. The van der Waals surface area contributed by atoms with Crippen LogP contribution in [0, 0.1) is 29.1 Å². The van der Waals surface area contributed by atoms with Crippen molar-refractivity contribution >= 4 is 28.6 Å². The van der Waals surface area contributed by atoms with Gasteiger partial charge in [-0.05, 0) is 36.3 Å². The van der Waals surface area contributed by atoms with E-state index in [0.29, 0.717) is 0 Å². The number of rotatable bonds is 0. The molecule has 0 heterocycles. The average molecular weight is 379 g/mol. The highest BCUT2D eigenvalue weighted by Gasteiger charge is 2.24. The number of aromatic hydroxyl groups is 1. The number of hydrogen-bond donors (Lipinski definition) is 3. The van der Waals surface area contributed by atoms with Gasteiger partial charge in [-0.2, -0.15) is 8.78 Å². The van der Waals surface area contributed by atoms with E-state index in [1.165, 1.54) is 0 Å². The molecule has 0 fully saturated rings. The smallest absolute Gasteiger partial charge is 0.377 e. The van der Waals surface area contributed by atoms with E-state index in [1.807, 2.05) is 0 Å². The second kappa shape index (κ2) is 9.42. The van der Waals surface area contributed by atoms with Crippen molar-refractivity contribution in [2.75, 3.05) is 0 Å². The van der Waals surface area contributed by atoms with Gasteiger partial charge in [-0.25, -0.2) is 13.2 Å². The molecule has 0 aromatic heterocycles. The van der Waals surface area contributed by atoms with E-state index in [4.69, 9.17) is 15.1 Å². The molecule has 0 atom stereocenters. The maximum atomic E-state index is 12.2. The number of hydrogen-bond acceptors (Lipinski definition) is 3. The fourth-order valence-corrected chi connectivity index (χ4v) is 0.593. The summed E-state index contributed by atoms with van der Waals surface area (Å²) < 4.78 is 69.9. The molecule has 0 aliphatic carbocycles. The van der Waals surface area contributed by atoms with Crippen LogP contribution in [0.2, 0.25) is 0 Å². The van der Waals surface area contributed by atoms with Crippen molar-refractivity contribution < 1.29 is 41.6 Å². The Bertz CT molecular complexity index is 407. The van der Waals surface area contributed by atoms with Crippen molar-refractivity contribution in [1.82, 2.24) is 0 Å². The van der Waals surface area contributed by atoms with Crippen molar-refractivity contribution in [3.05, 3.63) is 29.1 Å². The lowest BCUT2D eigenvalue weighted by Crippen LogP contribution is -2.00. The molecule has 4 nitrogen and oxygen atoms in total. The number of phenols is 1. The van der Waals surface area contributed by atoms with Gasteiger partial charge in [-0.15, -0.1) is 0 Å². The topological polar surface area (TPSA) is 77.8 Å². The summed E-state index contributed by atoms with van der Waals surface area (Å²) in [5.41, 5.74) is 0. The van der Waals surface area contributed by atoms with Gasteiger partial charge < -0.3 is 15.1 Å². The fourth-order valence-electron chi connectivity index (χ4n) is 0.593. The summed E-state index contributed by atoms with van der Waals surface area (Å²) in [5.74, 6) is -12.9. The number of aliphatic hydroxyl groups is 1. The maximum absolute atomic E-state index is 12.2. The minimum atomic E-state index is -3.69. The van der Waals surface area contributed by atoms with Gasteiger partial charge in [0.05, 0.1) is 0 Å². The second-order valence-electron chi connectivity index (χ2n) is 3.45. The Morgan fingerprint density at radius 1 is 0.905 bits per heavy atom. The molecule has 1 aromatic rings. The van der Waals surface area contributed by atoms with Gasteiger partial charge in [0.1, 0.15) is 0 Å². The van der Waals surface area contributed by atoms with Crippen molar-refractivity contribution in [3.8, 4) is 5.75 Å². The van der Waals surface area contributed by atoms with Gasteiger partial charge in [0, 0.05) is 6.10 Å². The minimum absolute atomic E-state index is 0.167. The summed E-state index contributed by atoms with van der Waals surface area (Å²) in [4.78, 5) is 7.61. The lowest BCUT2D eigenvalue weighted by molar-refractivity contribution is 0.216. The molecular weight excluding hydrogens is 369 g/mol. The SMILES string of the molecule is CC(C)O.O=P(O)(Cl)Cl.Oc1c(F)c(F)c(F)c(F)c1F. The summed E-state index contributed by atoms with van der Waals surface area (Å²) in [6.07, 6.45) is -3.86. The molecule has 21 heavy (non-hydrogen) atoms. The summed E-state index contributed by atoms with van der Waals surface area (Å²) >= 11 is 8.81. The first-order chi connectivity index (χ1) is 9.20. The van der Waals surface area contributed by atoms with Gasteiger partial charge in [-0.3, -0.25) is 4.57 Å². The molecule has 1 rings (SSSR count). The van der Waals surface area contributed by atoms with Crippen LogP contribution >= 0.6 is 28.6 Å². The highest BCUT2D eigenvalue weighted by Crippen LogP contribution is 2.51. The molecule has 0 bridgehead atoms. The standard InChI is InChI=1S/C6HF5O.C3H8O.Cl2HO2P/c7-1-2(8)4(10)6(12)5(11)3(1)9;1-3(2)4;1-5(2,3)4/h12H;3-4H,1-2H3;(H,3,4). The predicted octanol–water partition coefficient (Wildman–Crippen LogP) is 4.04. The van der Waals surface area contributed by atoms with Crippen LogP contribution in [0.15, 0.2) is 0 Å². The number of benzene rings is 1. The summed E-state index contributed by atoms with van der Waals surface area (Å²) in [6.45, 7) is 3.44. The molecule has 0 saturated carbocycles. The second-order valence-corrected chi connectivity index (χ2v) is 7.58. The highest BCUT2D eigenvalue weighted by molar-refractivity contribution is 8.04. The zero-order valence-electron chi connectivity index (χ0n) is 10.4. The molecule has 0 radical (unpaired) electrons. The number of halogens is 7. The van der Waals surface area contributed by atoms with E-state index >= 15 is 0 Å². The molecule has 0 aliphatic heterocycles. The molecule has 3 N–H and O–H groups in total. The Morgan fingerprint density at radius 3 is 1.24 bits per heavy atom. The lowest BCUT2D eigenvalue weighted by atomic mass is 10.3. The first kappa shape index (κ1) is 22.7. The van der Waals surface area contributed by atoms with Crippen LogP contribution in [0.4, 0.5) is 22.0 Å². The first-order valence-corrected chi connectivity index (χ1v) is 8.27. The average Bonchev–Trinajstić information content (AvgIpc) is 2.29. The molecule has 0 aliphatic rings. The first-order valence-electron chi connectivity index (χ1n) is 4.80. The van der Waals surface area contributed by atoms with E-state index in [1.54, 1.807) is 13.8 Å². The van der Waals surface area contributed by atoms with Gasteiger partial charge >= 0.3 is 6.07 Å². The van der Waals surface area contributed by atoms with E-state index in [9.17, 15) is 26.5 Å². The molecule has 0 amide bonds. The van der Waals surface area contributed by atoms with Crippen molar-refractivity contribution in [3.63, 3.8) is 0 Å². The van der Waals surface area contributed by atoms with Crippen LogP contribution in [0.3, 0.4) is 0 Å². The Kier molecular flexibility index (Phi) is 10.2. The summed E-state index contributed by atoms with van der Waals surface area (Å²) in [6, 6.07) is 0. The normalized spacial score (nSPS) is 10.5. The highest BCUT2D eigenvalue weighted by atomic mass is 35.9. The van der Waals surface area contributed by atoms with E-state index < -0.39 is 40.9 Å². The Labute approximate surface area is 125 Å². The minimum Gasteiger partial charge on any atom is -0.503 e. The van der Waals surface area contributed by atoms with E-state index in [2.05, 4.69) is 22.5 Å². The zero-order valence-corrected chi connectivity index (χ0v) is 12.8. The van der Waals surface area contributed by atoms with Crippen molar-refractivity contribution in [1.29, 1.82) is 0 Å². The zero-order chi connectivity index (χ0) is 17.5. The molecule has 1 aromatic carbocycles. The van der Waals surface area contributed by atoms with Crippen molar-refractivity contribution in [2.24, 2.45) is 0 Å². The van der Waals surface area contributed by atoms with Gasteiger partial charge in [0.15, 0.2) is 5.75 Å². The maximum Gasteiger partial charge on any atom is 0.377 e. The van der Waals surface area contributed by atoms with Gasteiger partial charge in [0.2, 0.25) is 29.1 Å². The Balaban J connectivity index is 0. The van der Waals surface area contributed by atoms with Gasteiger partial charge in [-0.1, -0.05) is 0 Å². The van der Waals surface area contributed by atoms with Crippen LogP contribution in [0.25, 0.3) is 0 Å². The number of phenolic OH excluding ortho intramolecular Hbond substituents is 1. The molecule has 0 unspecified atom stereocenters. The Morgan fingerprint density at radius 2 is 1.05 bits per heavy atom. The van der Waals surface area contributed by atoms with E-state index in [0.717, 1.165) is 0 Å². The molecule has 0 spiro atoms. The predicted molar refractivity (Wildman–Crippen MR) is 66.8 cm³/mol. The third-order valence-electron chi connectivity index (χ3n) is 1.19. The molecule has 0 saturated heterocycles. The van der Waals surface area contributed by atoms with Crippen LogP contribution in [-0.2, 0) is 4.57 Å². The van der Waals surface area contributed by atoms with Crippen LogP contribution in [-0.4, -0.2) is 21.2 Å². The summed E-state index contributed by atoms with van der Waals surface area (Å²) in [7, 11) is 0. The third kappa shape index (κ3) is 10.7. The third-order valence-corrected chi connectivity index (χ3v) is 1.19. The van der Waals surface area contributed by atoms with Crippen LogP contribution < -0.4 is 0 Å². The fraction of sp³-hybridized carbons (Fsp3) is 0.333. The van der Waals surface area contributed by atoms with Crippen molar-refractivity contribution in [2.45, 2.75) is 20.0 Å². The molecule has 124 valence electrons. The summed E-state index contributed by atoms with van der Waals surface area (Å²) in [5, 5.41) is 16.4. The van der Waals surface area contributed by atoms with E-state index in [-0.39, 0.29) is 6.10 Å². The number of aliphatic hydroxyl groups excluding tert-OH is 1. The monoisotopic (exact) mass is 378 g/mol. The Hall–Kier alpha value is -0.600. The van der Waals surface area contributed by atoms with Gasteiger partial charge in [0.25, 0.3) is 0 Å². The van der Waals surface area contributed by atoms with Crippen LogP contribution in [0.1, 0.15) is 13.8 Å².